The van der Waals surface area contributed by atoms with Gasteiger partial charge in [0.15, 0.2) is 12.1 Å². The van der Waals surface area contributed by atoms with E-state index in [-0.39, 0.29) is 38.0 Å². The van der Waals surface area contributed by atoms with Gasteiger partial charge in [-0.1, -0.05) is 98.9 Å². The Kier molecular flexibility index (Phi) is 23.6. The Hall–Kier alpha value is -3.44. The third-order valence-electron chi connectivity index (χ3n) is 12.0. The number of carboxylic acid groups (broad SMARTS) is 1. The maximum absolute atomic E-state index is 12.6. The van der Waals surface area contributed by atoms with Crippen molar-refractivity contribution in [1.82, 2.24) is 0 Å². The topological polar surface area (TPSA) is 320 Å². The van der Waals surface area contributed by atoms with Gasteiger partial charge in [-0.15, -0.1) is 0 Å². The van der Waals surface area contributed by atoms with Crippen LogP contribution in [0.1, 0.15) is 79.1 Å². The SMILES string of the molecule is CC1O[C@@H](O[C@H]2/C=C/C=C/C=C/C=C/C=C/C=C/C=C/[C@H](C)[C@@H](O)[C@@H](C)[C@H](C)OC(=O)C[C@H](O)C[C@H](O)C[C@H](O)CC[C@@H](O)[C@H](O)C[C@]3(O)C[C@H](O)[C@@H](C(=O)O)[C@H](C2)O3)C(O)[C@H](N)[C@@H]1O. The fraction of sp³-hybridized carbons (Fsp3) is 0.660. The molecule has 13 N–H and O–H groups in total. The zero-order chi connectivity index (χ0) is 48.4. The second-order valence-electron chi connectivity index (χ2n) is 17.6. The smallest absolute Gasteiger partial charge is 0.311 e. The van der Waals surface area contributed by atoms with Gasteiger partial charge < -0.3 is 80.9 Å². The predicted octanol–water partition coefficient (Wildman–Crippen LogP) is 0.712. The summed E-state index contributed by atoms with van der Waals surface area (Å²) in [6.45, 7) is 6.74. The number of rotatable bonds is 3. The number of fused-ring (bicyclic) bond motifs is 2. The lowest BCUT2D eigenvalue weighted by Crippen LogP contribution is -2.61. The number of carboxylic acids is 1. The van der Waals surface area contributed by atoms with Crippen molar-refractivity contribution in [3.63, 3.8) is 0 Å². The van der Waals surface area contributed by atoms with Crippen LogP contribution in [0, 0.1) is 17.8 Å². The second kappa shape index (κ2) is 27.4. The number of nitrogens with two attached hydrogens (primary N) is 1. The molecular formula is C47H73NO17. The van der Waals surface area contributed by atoms with Crippen molar-refractivity contribution in [2.45, 2.75) is 177 Å². The molecule has 0 saturated carbocycles. The molecule has 0 radical (unpaired) electrons. The number of ether oxygens (including phenoxy) is 4. The van der Waals surface area contributed by atoms with E-state index in [0.717, 1.165) is 0 Å². The summed E-state index contributed by atoms with van der Waals surface area (Å²) in [7, 11) is 0. The van der Waals surface area contributed by atoms with Gasteiger partial charge in [0, 0.05) is 31.1 Å². The van der Waals surface area contributed by atoms with Gasteiger partial charge in [0.05, 0.1) is 79.6 Å². The number of cyclic esters (lactones) is 1. The first kappa shape index (κ1) is 55.9. The summed E-state index contributed by atoms with van der Waals surface area (Å²) in [4.78, 5) is 25.1. The molecule has 2 saturated heterocycles. The molecule has 0 aromatic heterocycles. The van der Waals surface area contributed by atoms with Crippen LogP contribution in [0.25, 0.3) is 0 Å². The Labute approximate surface area is 381 Å². The summed E-state index contributed by atoms with van der Waals surface area (Å²) in [5, 5.41) is 118. The van der Waals surface area contributed by atoms with Crippen molar-refractivity contribution in [2.24, 2.45) is 23.5 Å². The van der Waals surface area contributed by atoms with Crippen LogP contribution in [0.5, 0.6) is 0 Å². The molecule has 368 valence electrons. The van der Waals surface area contributed by atoms with Crippen LogP contribution in [-0.2, 0) is 28.5 Å². The summed E-state index contributed by atoms with van der Waals surface area (Å²) in [5.41, 5.74) is 6.02. The molecule has 0 aromatic rings. The fourth-order valence-corrected chi connectivity index (χ4v) is 7.96. The highest BCUT2D eigenvalue weighted by atomic mass is 16.7. The van der Waals surface area contributed by atoms with E-state index in [2.05, 4.69) is 0 Å². The molecule has 2 bridgehead atoms. The van der Waals surface area contributed by atoms with Crippen molar-refractivity contribution in [3.05, 3.63) is 85.1 Å². The minimum absolute atomic E-state index is 0.140. The minimum Gasteiger partial charge on any atom is -0.481 e. The average molecular weight is 924 g/mol. The summed E-state index contributed by atoms with van der Waals surface area (Å²) < 4.78 is 23.1. The van der Waals surface area contributed by atoms with Crippen LogP contribution in [0.3, 0.4) is 0 Å². The first-order valence-electron chi connectivity index (χ1n) is 22.3. The summed E-state index contributed by atoms with van der Waals surface area (Å²) in [6.07, 6.45) is 3.49. The number of carbonyl (C=O) groups excluding carboxylic acids is 1. The molecule has 2 unspecified atom stereocenters. The molecule has 3 aliphatic heterocycles. The number of aliphatic hydroxyl groups excluding tert-OH is 9. The highest BCUT2D eigenvalue weighted by molar-refractivity contribution is 5.71. The van der Waals surface area contributed by atoms with Crippen molar-refractivity contribution in [3.8, 4) is 0 Å². The van der Waals surface area contributed by atoms with Crippen LogP contribution in [0.2, 0.25) is 0 Å². The van der Waals surface area contributed by atoms with Gasteiger partial charge in [0.2, 0.25) is 0 Å². The van der Waals surface area contributed by atoms with Gasteiger partial charge in [-0.25, -0.2) is 0 Å². The number of aliphatic hydroxyl groups is 10. The molecule has 2 fully saturated rings. The Balaban J connectivity index is 1.86. The highest BCUT2D eigenvalue weighted by Gasteiger charge is 2.51. The van der Waals surface area contributed by atoms with E-state index < -0.39 is 141 Å². The summed E-state index contributed by atoms with van der Waals surface area (Å²) in [5.74, 6) is -6.88. The van der Waals surface area contributed by atoms with Gasteiger partial charge in [0.1, 0.15) is 18.1 Å². The van der Waals surface area contributed by atoms with Crippen molar-refractivity contribution in [2.75, 3.05) is 0 Å². The standard InChI is InChI=1S/C47H73NO17/c1-27-17-15-13-11-9-7-5-6-8-10-12-14-16-18-34(64-46-44(58)41(48)43(57)30(4)63-46)24-38-40(45(59)60)37(54)26-47(61,65-38)25-36(53)35(52)20-19-31(49)21-32(50)22-33(51)23-39(55)62-29(3)28(2)42(27)56/h5-18,27-38,40-44,46,49-54,56-58,61H,19-26,48H2,1-4H3,(H,59,60)/b6-5+,9-7+,10-8+,13-11+,14-12+,17-15+,18-16+/t27-,28-,29-,30?,31+,32+,33+,34-,35+,36+,37-,38-,40+,41+,42+,43+,44?,46-,47+/m0/s1. The zero-order valence-electron chi connectivity index (χ0n) is 37.6. The van der Waals surface area contributed by atoms with E-state index in [1.807, 2.05) is 13.0 Å². The number of aliphatic carboxylic acids is 1. The van der Waals surface area contributed by atoms with Gasteiger partial charge in [0.25, 0.3) is 0 Å². The Bertz CT molecular complexity index is 1670. The molecule has 18 heteroatoms. The monoisotopic (exact) mass is 923 g/mol. The van der Waals surface area contributed by atoms with E-state index >= 15 is 0 Å². The lowest BCUT2D eigenvalue weighted by molar-refractivity contribution is -0.310. The number of carbonyl (C=O) groups is 2. The molecule has 0 spiro atoms. The first-order chi connectivity index (χ1) is 30.6. The number of esters is 1. The predicted molar refractivity (Wildman–Crippen MR) is 237 cm³/mol. The fourth-order valence-electron chi connectivity index (χ4n) is 7.96. The second-order valence-corrected chi connectivity index (χ2v) is 17.6. The van der Waals surface area contributed by atoms with Crippen molar-refractivity contribution in [1.29, 1.82) is 0 Å². The molecule has 3 rings (SSSR count). The quantitative estimate of drug-likeness (QED) is 0.174. The van der Waals surface area contributed by atoms with Crippen LogP contribution in [-0.4, -0.2) is 166 Å². The maximum atomic E-state index is 12.6. The Morgan fingerprint density at radius 3 is 1.78 bits per heavy atom. The van der Waals surface area contributed by atoms with E-state index in [0.29, 0.717) is 0 Å². The molecule has 65 heavy (non-hydrogen) atoms. The molecule has 3 aliphatic rings. The largest absolute Gasteiger partial charge is 0.481 e. The number of hydrogen-bond donors (Lipinski definition) is 12. The van der Waals surface area contributed by atoms with Gasteiger partial charge in [-0.3, -0.25) is 9.59 Å². The van der Waals surface area contributed by atoms with Crippen LogP contribution < -0.4 is 5.73 Å². The average Bonchev–Trinajstić information content (AvgIpc) is 3.21. The lowest BCUT2D eigenvalue weighted by Gasteiger charge is -2.45. The van der Waals surface area contributed by atoms with Gasteiger partial charge >= 0.3 is 11.9 Å². The molecule has 18 nitrogen and oxygen atoms in total. The third kappa shape index (κ3) is 18.6. The summed E-state index contributed by atoms with van der Waals surface area (Å²) >= 11 is 0. The van der Waals surface area contributed by atoms with Crippen LogP contribution in [0.4, 0.5) is 0 Å². The normalized spacial score (nSPS) is 45.5. The summed E-state index contributed by atoms with van der Waals surface area (Å²) in [6, 6.07) is -1.15. The number of allylic oxidation sites excluding steroid dienone is 12. The van der Waals surface area contributed by atoms with Gasteiger partial charge in [-0.05, 0) is 39.5 Å². The van der Waals surface area contributed by atoms with Crippen LogP contribution >= 0.6 is 0 Å². The van der Waals surface area contributed by atoms with Gasteiger partial charge in [-0.2, -0.15) is 0 Å². The third-order valence-corrected chi connectivity index (χ3v) is 12.0. The van der Waals surface area contributed by atoms with Crippen molar-refractivity contribution < 1.29 is 84.7 Å². The lowest BCUT2D eigenvalue weighted by atomic mass is 9.82. The van der Waals surface area contributed by atoms with E-state index in [9.17, 15) is 65.8 Å². The molecule has 0 aromatic carbocycles. The van der Waals surface area contributed by atoms with Crippen molar-refractivity contribution >= 4 is 11.9 Å². The maximum Gasteiger partial charge on any atom is 0.311 e. The van der Waals surface area contributed by atoms with E-state index in [4.69, 9.17) is 24.7 Å². The Morgan fingerprint density at radius 2 is 1.20 bits per heavy atom. The molecule has 0 aliphatic carbocycles. The Morgan fingerprint density at radius 1 is 0.662 bits per heavy atom. The molecule has 0 amide bonds. The number of hydrogen-bond acceptors (Lipinski definition) is 17. The van der Waals surface area contributed by atoms with E-state index in [1.54, 1.807) is 86.8 Å². The highest BCUT2D eigenvalue weighted by Crippen LogP contribution is 2.38. The van der Waals surface area contributed by atoms with E-state index in [1.165, 1.54) is 13.0 Å². The molecule has 3 heterocycles. The first-order valence-corrected chi connectivity index (χ1v) is 22.3. The molecular weight excluding hydrogens is 851 g/mol. The molecule has 19 atom stereocenters. The minimum atomic E-state index is -2.36. The zero-order valence-corrected chi connectivity index (χ0v) is 37.6. The van der Waals surface area contributed by atoms with Crippen LogP contribution in [0.15, 0.2) is 85.1 Å².